The van der Waals surface area contributed by atoms with Crippen LogP contribution in [0.25, 0.3) is 22.3 Å². The monoisotopic (exact) mass is 282 g/mol. The van der Waals surface area contributed by atoms with Gasteiger partial charge in [0.05, 0.1) is 10.9 Å². The van der Waals surface area contributed by atoms with Crippen LogP contribution in [0, 0.1) is 0 Å². The van der Waals surface area contributed by atoms with Crippen molar-refractivity contribution < 1.29 is 19.4 Å². The van der Waals surface area contributed by atoms with Gasteiger partial charge in [-0.15, -0.1) is 0 Å². The number of carbonyl (C=O) groups excluding carboxylic acids is 1. The predicted octanol–water partition coefficient (Wildman–Crippen LogP) is 2.68. The van der Waals surface area contributed by atoms with Gasteiger partial charge >= 0.3 is 0 Å². The van der Waals surface area contributed by atoms with Crippen molar-refractivity contribution in [2.75, 3.05) is 0 Å². The minimum atomic E-state index is -0.363. The molecule has 3 aromatic rings. The van der Waals surface area contributed by atoms with Crippen LogP contribution >= 0.6 is 0 Å². The molecule has 0 fully saturated rings. The second kappa shape index (κ2) is 4.79. The summed E-state index contributed by atoms with van der Waals surface area (Å²) < 4.78 is 5.62. The highest BCUT2D eigenvalue weighted by Gasteiger charge is 2.12. The molecule has 0 unspecified atom stereocenters. The molecule has 2 aromatic carbocycles. The van der Waals surface area contributed by atoms with Gasteiger partial charge in [0, 0.05) is 11.6 Å². The highest BCUT2D eigenvalue weighted by atomic mass is 16.3. The van der Waals surface area contributed by atoms with E-state index in [4.69, 9.17) is 4.42 Å². The van der Waals surface area contributed by atoms with Crippen molar-refractivity contribution in [2.24, 2.45) is 0 Å². The standard InChI is InChI=1S/C16H10O5/c17-8-10-5-12(19)6-13-14(20)7-15(21-16(10)13)9-1-3-11(18)4-2-9/h1-8,18-19H. The molecule has 0 saturated heterocycles. The van der Waals surface area contributed by atoms with Crippen LogP contribution in [-0.4, -0.2) is 16.5 Å². The first-order chi connectivity index (χ1) is 10.1. The molecule has 2 N–H and O–H groups in total. The van der Waals surface area contributed by atoms with Gasteiger partial charge in [-0.25, -0.2) is 0 Å². The van der Waals surface area contributed by atoms with Gasteiger partial charge in [0.25, 0.3) is 0 Å². The Morgan fingerprint density at radius 1 is 0.952 bits per heavy atom. The van der Waals surface area contributed by atoms with Crippen LogP contribution in [0.1, 0.15) is 10.4 Å². The van der Waals surface area contributed by atoms with Crippen LogP contribution in [-0.2, 0) is 0 Å². The van der Waals surface area contributed by atoms with Gasteiger partial charge in [-0.3, -0.25) is 9.59 Å². The zero-order valence-corrected chi connectivity index (χ0v) is 10.7. The summed E-state index contributed by atoms with van der Waals surface area (Å²) in [5, 5.41) is 18.9. The number of fused-ring (bicyclic) bond motifs is 1. The first-order valence-electron chi connectivity index (χ1n) is 6.14. The third kappa shape index (κ3) is 2.25. The largest absolute Gasteiger partial charge is 0.508 e. The molecule has 0 radical (unpaired) electrons. The fourth-order valence-corrected chi connectivity index (χ4v) is 2.12. The SMILES string of the molecule is O=Cc1cc(O)cc2c(=O)cc(-c3ccc(O)cc3)oc12. The predicted molar refractivity (Wildman–Crippen MR) is 76.6 cm³/mol. The van der Waals surface area contributed by atoms with Gasteiger partial charge in [0.15, 0.2) is 11.7 Å². The second-order valence-corrected chi connectivity index (χ2v) is 4.55. The zero-order chi connectivity index (χ0) is 15.0. The van der Waals surface area contributed by atoms with E-state index in [2.05, 4.69) is 0 Å². The van der Waals surface area contributed by atoms with E-state index in [1.165, 1.54) is 30.3 Å². The van der Waals surface area contributed by atoms with Gasteiger partial charge in [0.2, 0.25) is 0 Å². The molecule has 3 rings (SSSR count). The minimum absolute atomic E-state index is 0.0976. The molecule has 0 saturated carbocycles. The van der Waals surface area contributed by atoms with Crippen LogP contribution < -0.4 is 5.43 Å². The average molecular weight is 282 g/mol. The number of rotatable bonds is 2. The molecule has 0 aliphatic carbocycles. The number of phenolic OH excluding ortho intramolecular Hbond substituents is 2. The topological polar surface area (TPSA) is 87.7 Å². The zero-order valence-electron chi connectivity index (χ0n) is 10.7. The van der Waals surface area contributed by atoms with Crippen LogP contribution in [0.4, 0.5) is 0 Å². The number of benzene rings is 2. The maximum Gasteiger partial charge on any atom is 0.193 e. The number of aldehydes is 1. The van der Waals surface area contributed by atoms with Crippen LogP contribution in [0.3, 0.4) is 0 Å². The van der Waals surface area contributed by atoms with Crippen molar-refractivity contribution in [3.05, 3.63) is 58.3 Å². The van der Waals surface area contributed by atoms with Crippen molar-refractivity contribution in [3.63, 3.8) is 0 Å². The average Bonchev–Trinajstić information content (AvgIpc) is 2.48. The van der Waals surface area contributed by atoms with Gasteiger partial charge in [-0.2, -0.15) is 0 Å². The second-order valence-electron chi connectivity index (χ2n) is 4.55. The molecular formula is C16H10O5. The molecule has 104 valence electrons. The Balaban J connectivity index is 2.32. The summed E-state index contributed by atoms with van der Waals surface area (Å²) in [5.41, 5.74) is 0.455. The van der Waals surface area contributed by atoms with E-state index < -0.39 is 0 Å². The van der Waals surface area contributed by atoms with E-state index in [9.17, 15) is 19.8 Å². The Morgan fingerprint density at radius 3 is 2.33 bits per heavy atom. The number of aromatic hydroxyl groups is 2. The molecule has 0 aliphatic heterocycles. The van der Waals surface area contributed by atoms with E-state index in [1.54, 1.807) is 12.1 Å². The first-order valence-corrected chi connectivity index (χ1v) is 6.14. The van der Waals surface area contributed by atoms with E-state index >= 15 is 0 Å². The van der Waals surface area contributed by atoms with E-state index in [0.717, 1.165) is 0 Å². The smallest absolute Gasteiger partial charge is 0.193 e. The Labute approximate surface area is 118 Å². The molecular weight excluding hydrogens is 272 g/mol. The normalized spacial score (nSPS) is 10.7. The van der Waals surface area contributed by atoms with Crippen molar-refractivity contribution in [2.45, 2.75) is 0 Å². The number of carbonyl (C=O) groups is 1. The van der Waals surface area contributed by atoms with Crippen molar-refractivity contribution in [1.82, 2.24) is 0 Å². The molecule has 21 heavy (non-hydrogen) atoms. The molecule has 0 amide bonds. The summed E-state index contributed by atoms with van der Waals surface area (Å²) in [6.07, 6.45) is 0.519. The fourth-order valence-electron chi connectivity index (χ4n) is 2.12. The quantitative estimate of drug-likeness (QED) is 0.705. The van der Waals surface area contributed by atoms with E-state index in [0.29, 0.717) is 11.8 Å². The summed E-state index contributed by atoms with van der Waals surface area (Å²) in [4.78, 5) is 23.2. The maximum absolute atomic E-state index is 12.1. The summed E-state index contributed by atoms with van der Waals surface area (Å²) in [5.74, 6) is 0.205. The molecule has 1 heterocycles. The summed E-state index contributed by atoms with van der Waals surface area (Å²) in [7, 11) is 0. The summed E-state index contributed by atoms with van der Waals surface area (Å²) in [6.45, 7) is 0. The summed E-state index contributed by atoms with van der Waals surface area (Å²) >= 11 is 0. The van der Waals surface area contributed by atoms with Crippen LogP contribution in [0.5, 0.6) is 11.5 Å². The Hall–Kier alpha value is -3.08. The molecule has 0 bridgehead atoms. The Morgan fingerprint density at radius 2 is 1.67 bits per heavy atom. The van der Waals surface area contributed by atoms with E-state index in [-0.39, 0.29) is 39.2 Å². The van der Waals surface area contributed by atoms with Gasteiger partial charge in [0.1, 0.15) is 22.8 Å². The Bertz CT molecular complexity index is 891. The molecule has 5 nitrogen and oxygen atoms in total. The van der Waals surface area contributed by atoms with Gasteiger partial charge in [-0.1, -0.05) is 0 Å². The number of phenols is 2. The minimum Gasteiger partial charge on any atom is -0.508 e. The molecule has 1 aromatic heterocycles. The molecule has 0 atom stereocenters. The lowest BCUT2D eigenvalue weighted by Crippen LogP contribution is -2.02. The maximum atomic E-state index is 12.1. The lowest BCUT2D eigenvalue weighted by molar-refractivity contribution is 0.112. The lowest BCUT2D eigenvalue weighted by atomic mass is 10.1. The van der Waals surface area contributed by atoms with Crippen LogP contribution in [0.2, 0.25) is 0 Å². The van der Waals surface area contributed by atoms with Crippen molar-refractivity contribution in [3.8, 4) is 22.8 Å². The molecule has 5 heteroatoms. The Kier molecular flexibility index (Phi) is 2.95. The highest BCUT2D eigenvalue weighted by molar-refractivity contribution is 5.95. The first kappa shape index (κ1) is 12.9. The highest BCUT2D eigenvalue weighted by Crippen LogP contribution is 2.27. The van der Waals surface area contributed by atoms with E-state index in [1.807, 2.05) is 0 Å². The third-order valence-corrected chi connectivity index (χ3v) is 3.12. The molecule has 0 spiro atoms. The van der Waals surface area contributed by atoms with Crippen molar-refractivity contribution in [1.29, 1.82) is 0 Å². The van der Waals surface area contributed by atoms with Crippen LogP contribution in [0.15, 0.2) is 51.7 Å². The third-order valence-electron chi connectivity index (χ3n) is 3.12. The lowest BCUT2D eigenvalue weighted by Gasteiger charge is -2.05. The number of hydrogen-bond donors (Lipinski definition) is 2. The van der Waals surface area contributed by atoms with Gasteiger partial charge < -0.3 is 14.6 Å². The van der Waals surface area contributed by atoms with Crippen molar-refractivity contribution >= 4 is 17.3 Å². The molecule has 0 aliphatic rings. The number of hydrogen-bond acceptors (Lipinski definition) is 5. The fraction of sp³-hybridized carbons (Fsp3) is 0. The summed E-state index contributed by atoms with van der Waals surface area (Å²) in [6, 6.07) is 9.91. The van der Waals surface area contributed by atoms with Gasteiger partial charge in [-0.05, 0) is 36.4 Å².